The molecule has 1 fully saturated rings. The molecule has 0 saturated carbocycles. The van der Waals surface area contributed by atoms with Crippen molar-refractivity contribution in [3.05, 3.63) is 0 Å². The lowest BCUT2D eigenvalue weighted by molar-refractivity contribution is -0.129. The first-order valence-corrected chi connectivity index (χ1v) is 6.88. The standard InChI is InChI=1S/C13H27N3O2/c1-4-5-6-12-13(17)16(11-14-12)8-7-15(2)9-10-18-3/h12,14H,4-11H2,1-3H3. The number of likely N-dealkylation sites (N-methyl/N-ethyl adjacent to an activating group) is 1. The number of hydrogen-bond acceptors (Lipinski definition) is 4. The number of nitrogens with zero attached hydrogens (tertiary/aromatic N) is 2. The topological polar surface area (TPSA) is 44.8 Å². The van der Waals surface area contributed by atoms with Gasteiger partial charge in [0.15, 0.2) is 0 Å². The van der Waals surface area contributed by atoms with Crippen LogP contribution in [0.4, 0.5) is 0 Å². The van der Waals surface area contributed by atoms with Crippen LogP contribution < -0.4 is 5.32 Å². The van der Waals surface area contributed by atoms with Crippen LogP contribution in [0.1, 0.15) is 26.2 Å². The summed E-state index contributed by atoms with van der Waals surface area (Å²) in [5.41, 5.74) is 0. The molecule has 5 nitrogen and oxygen atoms in total. The molecule has 0 aliphatic carbocycles. The third-order valence-electron chi connectivity index (χ3n) is 3.41. The van der Waals surface area contributed by atoms with Gasteiger partial charge in [-0.3, -0.25) is 10.1 Å². The van der Waals surface area contributed by atoms with E-state index in [0.717, 1.165) is 45.5 Å². The molecule has 0 radical (unpaired) electrons. The first-order valence-electron chi connectivity index (χ1n) is 6.88. The highest BCUT2D eigenvalue weighted by Gasteiger charge is 2.29. The Balaban J connectivity index is 2.21. The minimum Gasteiger partial charge on any atom is -0.383 e. The molecule has 1 amide bonds. The van der Waals surface area contributed by atoms with Crippen molar-refractivity contribution in [3.8, 4) is 0 Å². The number of amides is 1. The van der Waals surface area contributed by atoms with Crippen LogP contribution in [0.2, 0.25) is 0 Å². The van der Waals surface area contributed by atoms with Gasteiger partial charge in [0, 0.05) is 26.7 Å². The van der Waals surface area contributed by atoms with Crippen molar-refractivity contribution in [1.82, 2.24) is 15.1 Å². The average molecular weight is 257 g/mol. The molecule has 106 valence electrons. The summed E-state index contributed by atoms with van der Waals surface area (Å²) in [6.45, 7) is 6.20. The number of nitrogens with one attached hydrogen (secondary N) is 1. The van der Waals surface area contributed by atoms with E-state index in [4.69, 9.17) is 4.74 Å². The summed E-state index contributed by atoms with van der Waals surface area (Å²) in [6, 6.07) is 0.0502. The number of carbonyl (C=O) groups is 1. The van der Waals surface area contributed by atoms with Crippen molar-refractivity contribution >= 4 is 5.91 Å². The summed E-state index contributed by atoms with van der Waals surface area (Å²) < 4.78 is 5.03. The van der Waals surface area contributed by atoms with E-state index in [1.54, 1.807) is 7.11 Å². The number of methoxy groups -OCH3 is 1. The molecule has 0 aromatic rings. The highest BCUT2D eigenvalue weighted by Crippen LogP contribution is 2.10. The van der Waals surface area contributed by atoms with Gasteiger partial charge in [0.1, 0.15) is 0 Å². The summed E-state index contributed by atoms with van der Waals surface area (Å²) in [5.74, 6) is 0.267. The van der Waals surface area contributed by atoms with Crippen molar-refractivity contribution in [1.29, 1.82) is 0 Å². The fourth-order valence-electron chi connectivity index (χ4n) is 2.08. The van der Waals surface area contributed by atoms with E-state index in [1.807, 2.05) is 4.90 Å². The smallest absolute Gasteiger partial charge is 0.240 e. The van der Waals surface area contributed by atoms with Gasteiger partial charge in [0.25, 0.3) is 0 Å². The van der Waals surface area contributed by atoms with Gasteiger partial charge < -0.3 is 14.5 Å². The SMILES string of the molecule is CCCCC1NCN(CCN(C)CCOC)C1=O. The maximum atomic E-state index is 12.1. The van der Waals surface area contributed by atoms with Crippen LogP contribution in [0.3, 0.4) is 0 Å². The molecule has 0 spiro atoms. The molecule has 1 rings (SSSR count). The van der Waals surface area contributed by atoms with Crippen molar-refractivity contribution in [2.45, 2.75) is 32.2 Å². The fourth-order valence-corrected chi connectivity index (χ4v) is 2.08. The molecule has 18 heavy (non-hydrogen) atoms. The van der Waals surface area contributed by atoms with Gasteiger partial charge >= 0.3 is 0 Å². The molecule has 0 aromatic heterocycles. The Labute approximate surface area is 110 Å². The molecule has 1 unspecified atom stereocenters. The van der Waals surface area contributed by atoms with Gasteiger partial charge in [0.05, 0.1) is 19.3 Å². The zero-order valence-electron chi connectivity index (χ0n) is 11.9. The predicted molar refractivity (Wildman–Crippen MR) is 72.4 cm³/mol. The summed E-state index contributed by atoms with van der Waals surface area (Å²) in [7, 11) is 3.77. The third-order valence-corrected chi connectivity index (χ3v) is 3.41. The second-order valence-corrected chi connectivity index (χ2v) is 4.95. The molecule has 1 saturated heterocycles. The molecular weight excluding hydrogens is 230 g/mol. The molecule has 1 aliphatic heterocycles. The van der Waals surface area contributed by atoms with Crippen LogP contribution in [-0.2, 0) is 9.53 Å². The average Bonchev–Trinajstić information content (AvgIpc) is 2.72. The minimum absolute atomic E-state index is 0.0502. The van der Waals surface area contributed by atoms with Crippen LogP contribution in [0.25, 0.3) is 0 Å². The van der Waals surface area contributed by atoms with Crippen LogP contribution in [0, 0.1) is 0 Å². The predicted octanol–water partition coefficient (Wildman–Crippen LogP) is 0.513. The fraction of sp³-hybridized carbons (Fsp3) is 0.923. The van der Waals surface area contributed by atoms with Gasteiger partial charge in [-0.05, 0) is 13.5 Å². The van der Waals surface area contributed by atoms with E-state index >= 15 is 0 Å². The lowest BCUT2D eigenvalue weighted by Crippen LogP contribution is -2.37. The first kappa shape index (κ1) is 15.4. The van der Waals surface area contributed by atoms with Crippen molar-refractivity contribution in [3.63, 3.8) is 0 Å². The highest BCUT2D eigenvalue weighted by atomic mass is 16.5. The van der Waals surface area contributed by atoms with Gasteiger partial charge in [-0.1, -0.05) is 19.8 Å². The van der Waals surface area contributed by atoms with Gasteiger partial charge in [-0.25, -0.2) is 0 Å². The van der Waals surface area contributed by atoms with E-state index in [9.17, 15) is 4.79 Å². The van der Waals surface area contributed by atoms with E-state index in [0.29, 0.717) is 6.67 Å². The van der Waals surface area contributed by atoms with Crippen LogP contribution in [0.5, 0.6) is 0 Å². The Bertz CT molecular complexity index is 248. The van der Waals surface area contributed by atoms with Crippen LogP contribution >= 0.6 is 0 Å². The van der Waals surface area contributed by atoms with Crippen LogP contribution in [-0.4, -0.2) is 68.8 Å². The van der Waals surface area contributed by atoms with Gasteiger partial charge in [0.2, 0.25) is 5.91 Å². The van der Waals surface area contributed by atoms with E-state index in [1.165, 1.54) is 0 Å². The third kappa shape index (κ3) is 4.92. The summed E-state index contributed by atoms with van der Waals surface area (Å²) in [4.78, 5) is 16.2. The summed E-state index contributed by atoms with van der Waals surface area (Å²) in [5, 5.41) is 3.29. The molecule has 1 N–H and O–H groups in total. The van der Waals surface area contributed by atoms with E-state index in [2.05, 4.69) is 24.2 Å². The molecule has 0 aromatic carbocycles. The Morgan fingerprint density at radius 3 is 2.94 bits per heavy atom. The van der Waals surface area contributed by atoms with Crippen molar-refractivity contribution in [2.75, 3.05) is 47.1 Å². The van der Waals surface area contributed by atoms with E-state index in [-0.39, 0.29) is 11.9 Å². The Morgan fingerprint density at radius 2 is 2.28 bits per heavy atom. The maximum absolute atomic E-state index is 12.1. The quantitative estimate of drug-likeness (QED) is 0.654. The van der Waals surface area contributed by atoms with Gasteiger partial charge in [-0.2, -0.15) is 0 Å². The molecular formula is C13H27N3O2. The van der Waals surface area contributed by atoms with Gasteiger partial charge in [-0.15, -0.1) is 0 Å². The Hall–Kier alpha value is -0.650. The molecule has 1 aliphatic rings. The summed E-state index contributed by atoms with van der Waals surface area (Å²) >= 11 is 0. The summed E-state index contributed by atoms with van der Waals surface area (Å²) in [6.07, 6.45) is 3.22. The number of carbonyl (C=O) groups excluding carboxylic acids is 1. The Kier molecular flexibility index (Phi) is 7.23. The number of ether oxygens (including phenoxy) is 1. The largest absolute Gasteiger partial charge is 0.383 e. The van der Waals surface area contributed by atoms with Crippen molar-refractivity contribution < 1.29 is 9.53 Å². The second kappa shape index (κ2) is 8.45. The monoisotopic (exact) mass is 257 g/mol. The molecule has 0 bridgehead atoms. The molecule has 5 heteroatoms. The Morgan fingerprint density at radius 1 is 1.50 bits per heavy atom. The molecule has 1 heterocycles. The normalized spacial score (nSPS) is 20.1. The zero-order valence-corrected chi connectivity index (χ0v) is 11.9. The second-order valence-electron chi connectivity index (χ2n) is 4.95. The van der Waals surface area contributed by atoms with Crippen molar-refractivity contribution in [2.24, 2.45) is 0 Å². The van der Waals surface area contributed by atoms with Crippen LogP contribution in [0.15, 0.2) is 0 Å². The highest BCUT2D eigenvalue weighted by molar-refractivity contribution is 5.83. The number of rotatable bonds is 9. The van der Waals surface area contributed by atoms with E-state index < -0.39 is 0 Å². The number of hydrogen-bond donors (Lipinski definition) is 1. The number of unbranched alkanes of at least 4 members (excludes halogenated alkanes) is 1. The lowest BCUT2D eigenvalue weighted by atomic mass is 10.1. The maximum Gasteiger partial charge on any atom is 0.240 e. The zero-order chi connectivity index (χ0) is 13.4. The minimum atomic E-state index is 0.0502. The first-order chi connectivity index (χ1) is 8.69. The lowest BCUT2D eigenvalue weighted by Gasteiger charge is -2.21. The molecule has 1 atom stereocenters.